The average Bonchev–Trinajstić information content (AvgIpc) is 1.52. The van der Waals surface area contributed by atoms with E-state index >= 15 is 0 Å². The molecule has 516 valence electrons. The smallest absolute Gasteiger partial charge is 0.182 e. The lowest BCUT2D eigenvalue weighted by Crippen LogP contribution is -2.27. The molecule has 4 aliphatic carbocycles. The minimum Gasteiger partial charge on any atom is -0.493 e. The highest BCUT2D eigenvalue weighted by molar-refractivity contribution is 6.09. The van der Waals surface area contributed by atoms with Crippen LogP contribution in [0.5, 0.6) is 69.0 Å². The summed E-state index contributed by atoms with van der Waals surface area (Å²) in [5, 5.41) is 34.4. The zero-order valence-corrected chi connectivity index (χ0v) is 58.5. The number of hydrogen-bond donors (Lipinski definition) is 6. The largest absolute Gasteiger partial charge is 0.493 e. The van der Waals surface area contributed by atoms with Crippen LogP contribution in [0.1, 0.15) is 226 Å². The number of nitrogens with zero attached hydrogens (tertiary/aromatic N) is 4. The molecule has 0 aromatic heterocycles. The molecule has 2 heterocycles. The van der Waals surface area contributed by atoms with Crippen molar-refractivity contribution in [2.75, 3.05) is 28.4 Å². The first-order valence-electron chi connectivity index (χ1n) is 31.8. The summed E-state index contributed by atoms with van der Waals surface area (Å²) >= 11 is 0. The van der Waals surface area contributed by atoms with E-state index in [0.717, 1.165) is 59.4 Å². The summed E-state index contributed by atoms with van der Waals surface area (Å²) in [6.07, 6.45) is 3.58. The van der Waals surface area contributed by atoms with Crippen molar-refractivity contribution in [3.63, 3.8) is 0 Å². The number of amidine groups is 4. The molecule has 20 heteroatoms. The molecule has 2 atom stereocenters. The molecule has 0 amide bonds. The van der Waals surface area contributed by atoms with Crippen molar-refractivity contribution in [2.45, 2.75) is 209 Å². The van der Waals surface area contributed by atoms with Crippen molar-refractivity contribution in [3.05, 3.63) is 138 Å². The van der Waals surface area contributed by atoms with Crippen LogP contribution in [-0.2, 0) is 42.2 Å². The second-order valence-electron chi connectivity index (χ2n) is 30.7. The predicted molar refractivity (Wildman–Crippen MR) is 378 cm³/mol. The summed E-state index contributed by atoms with van der Waals surface area (Å²) in [5.41, 5.74) is 37.8. The topological polar surface area (TPSA) is 286 Å². The molecule has 2 unspecified atom stereocenters. The lowest BCUT2D eigenvalue weighted by atomic mass is 9.72. The van der Waals surface area contributed by atoms with Gasteiger partial charge in [0.15, 0.2) is 92.3 Å². The molecule has 12 rings (SSSR count). The van der Waals surface area contributed by atoms with Gasteiger partial charge in [-0.2, -0.15) is 0 Å². The molecule has 0 radical (unpaired) electrons. The van der Waals surface area contributed by atoms with Gasteiger partial charge in [-0.3, -0.25) is 0 Å². The fraction of sp³-hybridized carbons (Fsp3) is 0.474. The van der Waals surface area contributed by atoms with Gasteiger partial charge in [0.05, 0.1) is 50.7 Å². The molecule has 0 saturated heterocycles. The first-order valence-corrected chi connectivity index (χ1v) is 31.8. The molecule has 96 heavy (non-hydrogen) atoms. The highest BCUT2D eigenvalue weighted by Crippen LogP contribution is 2.68. The molecule has 0 fully saturated rings. The number of benzene rings is 6. The SMILES string of the molecule is C.C.COc1cc2c(cc1OC)C1(CC2(C)C)CC(C)(C)c2cc3c(cc21)Oc1c(c(/C(N)=N/O)c(C)c(C)c1/C(N)=N/O)O3.COc1cc2c(cc1OC)C1(CC2(C)C)CC(C)(C)c2cc3c(cc21)Oc1c(c(/C(N)=N/OC(C)(C)C)c(C)c(C)c1/C(N)=N/OC(C)(C)C)O3. The van der Waals surface area contributed by atoms with Crippen molar-refractivity contribution in [2.24, 2.45) is 43.6 Å². The number of nitrogens with two attached hydrogens (primary N) is 4. The number of rotatable bonds is 10. The van der Waals surface area contributed by atoms with E-state index in [4.69, 9.17) is 70.5 Å². The molecule has 0 saturated carbocycles. The van der Waals surface area contributed by atoms with E-state index in [1.54, 1.807) is 42.3 Å². The number of fused-ring (bicyclic) bond motifs is 12. The Bertz CT molecular complexity index is 4320. The van der Waals surface area contributed by atoms with Crippen LogP contribution < -0.4 is 60.8 Å². The summed E-state index contributed by atoms with van der Waals surface area (Å²) < 4.78 is 49.9. The molecule has 0 bridgehead atoms. The number of hydrogen-bond acceptors (Lipinski definition) is 16. The van der Waals surface area contributed by atoms with E-state index in [0.29, 0.717) is 79.4 Å². The molecule has 2 spiro atoms. The fourth-order valence-corrected chi connectivity index (χ4v) is 16.1. The van der Waals surface area contributed by atoms with Crippen molar-refractivity contribution < 1.29 is 58.0 Å². The Labute approximate surface area is 566 Å². The zero-order valence-electron chi connectivity index (χ0n) is 58.5. The van der Waals surface area contributed by atoms with Crippen LogP contribution >= 0.6 is 0 Å². The van der Waals surface area contributed by atoms with Crippen LogP contribution in [0.15, 0.2) is 69.2 Å². The maximum atomic E-state index is 9.63. The standard InChI is InChI=1S/C41H54N4O6.C33H38N4O6.2CH4/c1-21-22(2)32(36(43)45-51-38(6,7)8)34-33(31(21)35(42)44-50-37(3,4)5)48-29-16-24-26(18-30(29)49-34)41(20-40(24,11)12)19-39(9,10)23-15-27(46-13)28(47-14)17-25(23)41;1-15-16(2)26(30(35)37-39)28-27(25(15)29(34)36-38)42-23-10-18-20(12-24(23)43-28)33(14-32(18,5)6)13-31(3,4)17-9-21(40-7)22(41-8)11-19(17)33;;/h15-18H,19-20H2,1-14H3,(H2,42,44)(H2,43,45);9-12,38-39H,13-14H2,1-8H3,(H2,34,36)(H2,35,37);2*1H4. The Hall–Kier alpha value is -9.20. The van der Waals surface area contributed by atoms with Crippen molar-refractivity contribution in [1.82, 2.24) is 0 Å². The first kappa shape index (κ1) is 71.1. The van der Waals surface area contributed by atoms with Gasteiger partial charge in [-0.05, 0) is 232 Å². The summed E-state index contributed by atoms with van der Waals surface area (Å²) in [5.74, 6) is 6.32. The normalized spacial score (nSPS) is 20.1. The Morgan fingerprint density at radius 2 is 0.583 bits per heavy atom. The predicted octanol–water partition coefficient (Wildman–Crippen LogP) is 16.1. The molecular formula is C76H100N8O12. The Kier molecular flexibility index (Phi) is 17.7. The third-order valence-electron chi connectivity index (χ3n) is 20.0. The van der Waals surface area contributed by atoms with Gasteiger partial charge in [0.1, 0.15) is 11.2 Å². The number of methoxy groups -OCH3 is 4. The summed E-state index contributed by atoms with van der Waals surface area (Å²) in [6, 6.07) is 17.0. The lowest BCUT2D eigenvalue weighted by Gasteiger charge is -2.31. The van der Waals surface area contributed by atoms with Gasteiger partial charge in [0.25, 0.3) is 0 Å². The monoisotopic (exact) mass is 1320 g/mol. The molecule has 6 aliphatic rings. The van der Waals surface area contributed by atoms with Crippen LogP contribution in [0, 0.1) is 27.7 Å². The van der Waals surface area contributed by atoms with Crippen LogP contribution in [0.2, 0.25) is 0 Å². The van der Waals surface area contributed by atoms with Crippen LogP contribution in [0.4, 0.5) is 0 Å². The zero-order chi connectivity index (χ0) is 68.9. The third-order valence-corrected chi connectivity index (χ3v) is 20.0. The van der Waals surface area contributed by atoms with Crippen LogP contribution in [-0.4, -0.2) is 73.4 Å². The van der Waals surface area contributed by atoms with Gasteiger partial charge in [-0.25, -0.2) is 0 Å². The van der Waals surface area contributed by atoms with Gasteiger partial charge < -0.3 is 80.9 Å². The minimum absolute atomic E-state index is 0. The van der Waals surface area contributed by atoms with E-state index in [1.807, 2.05) is 61.5 Å². The van der Waals surface area contributed by atoms with E-state index in [-0.39, 0.29) is 82.2 Å². The summed E-state index contributed by atoms with van der Waals surface area (Å²) in [6.45, 7) is 37.2. The summed E-state index contributed by atoms with van der Waals surface area (Å²) in [4.78, 5) is 11.5. The van der Waals surface area contributed by atoms with Crippen LogP contribution in [0.25, 0.3) is 0 Å². The van der Waals surface area contributed by atoms with Crippen molar-refractivity contribution in [1.29, 1.82) is 0 Å². The Morgan fingerprint density at radius 3 is 0.812 bits per heavy atom. The van der Waals surface area contributed by atoms with E-state index in [1.165, 1.54) is 33.4 Å². The maximum Gasteiger partial charge on any atom is 0.182 e. The minimum atomic E-state index is -0.557. The van der Waals surface area contributed by atoms with Crippen molar-refractivity contribution >= 4 is 23.3 Å². The number of oxime groups is 4. The highest BCUT2D eigenvalue weighted by Gasteiger charge is 2.59. The van der Waals surface area contributed by atoms with Gasteiger partial charge in [-0.1, -0.05) is 90.9 Å². The molecule has 6 aromatic carbocycles. The van der Waals surface area contributed by atoms with Crippen molar-refractivity contribution in [3.8, 4) is 69.0 Å². The second-order valence-corrected chi connectivity index (χ2v) is 30.7. The maximum absolute atomic E-state index is 9.63. The van der Waals surface area contributed by atoms with Gasteiger partial charge in [0.2, 0.25) is 0 Å². The van der Waals surface area contributed by atoms with E-state index < -0.39 is 11.2 Å². The molecule has 6 aromatic rings. The highest BCUT2D eigenvalue weighted by atomic mass is 16.7. The van der Waals surface area contributed by atoms with E-state index in [9.17, 15) is 10.4 Å². The lowest BCUT2D eigenvalue weighted by molar-refractivity contribution is 0.000473. The second kappa shape index (κ2) is 23.9. The molecule has 2 aliphatic heterocycles. The first-order chi connectivity index (χ1) is 43.8. The van der Waals surface area contributed by atoms with Gasteiger partial charge >= 0.3 is 0 Å². The quantitative estimate of drug-likeness (QED) is 0.0321. The fourth-order valence-electron chi connectivity index (χ4n) is 16.1. The van der Waals surface area contributed by atoms with Gasteiger partial charge in [0, 0.05) is 10.8 Å². The molecule has 20 nitrogen and oxygen atoms in total. The van der Waals surface area contributed by atoms with Gasteiger partial charge in [-0.15, -0.1) is 0 Å². The third kappa shape index (κ3) is 11.2. The Balaban J connectivity index is 0.000000224. The molecule has 10 N–H and O–H groups in total. The van der Waals surface area contributed by atoms with Crippen LogP contribution in [0.3, 0.4) is 0 Å². The molecular weight excluding hydrogens is 1220 g/mol. The number of ether oxygens (including phenoxy) is 8. The average molecular weight is 1320 g/mol. The summed E-state index contributed by atoms with van der Waals surface area (Å²) in [7, 11) is 6.69. The Morgan fingerprint density at radius 1 is 0.375 bits per heavy atom. The van der Waals surface area contributed by atoms with E-state index in [2.05, 4.69) is 118 Å².